The maximum atomic E-state index is 13.4. The molecule has 376 valence electrons. The first-order chi connectivity index (χ1) is 32.5. The van der Waals surface area contributed by atoms with Gasteiger partial charge in [0.25, 0.3) is 11.8 Å². The number of primary amides is 1. The van der Waals surface area contributed by atoms with E-state index in [1.807, 2.05) is 19.1 Å². The van der Waals surface area contributed by atoms with Gasteiger partial charge in [0, 0.05) is 5.56 Å². The Balaban J connectivity index is 1.05. The molecule has 1 aliphatic heterocycles. The molecule has 2 aromatic carbocycles. The van der Waals surface area contributed by atoms with Gasteiger partial charge in [0.15, 0.2) is 6.17 Å². The van der Waals surface area contributed by atoms with E-state index in [1.165, 1.54) is 19.4 Å². The Labute approximate surface area is 402 Å². The van der Waals surface area contributed by atoms with Crippen LogP contribution < -0.4 is 48.7 Å². The summed E-state index contributed by atoms with van der Waals surface area (Å²) in [4.78, 5) is 103. The molecule has 0 aromatic heterocycles. The number of benzene rings is 2. The summed E-state index contributed by atoms with van der Waals surface area (Å²) in [7, 11) is -0.786. The van der Waals surface area contributed by atoms with Crippen molar-refractivity contribution in [1.29, 1.82) is 0 Å². The first-order valence-electron chi connectivity index (χ1n) is 23.4. The van der Waals surface area contributed by atoms with Crippen LogP contribution in [0.3, 0.4) is 0 Å². The smallest absolute Gasteiger partial charge is 0.404 e. The third-order valence-electron chi connectivity index (χ3n) is 13.7. The topological polar surface area (TPSA) is 332 Å². The van der Waals surface area contributed by atoms with Gasteiger partial charge in [0.2, 0.25) is 35.4 Å². The quantitative estimate of drug-likeness (QED) is 0.0462. The van der Waals surface area contributed by atoms with Crippen molar-refractivity contribution in [2.75, 3.05) is 13.2 Å². The van der Waals surface area contributed by atoms with Gasteiger partial charge in [-0.05, 0) is 99.5 Å². The molecule has 3 aliphatic carbocycles. The molecule has 13 N–H and O–H groups in total. The molecule has 21 nitrogen and oxygen atoms in total. The van der Waals surface area contributed by atoms with E-state index >= 15 is 0 Å². The summed E-state index contributed by atoms with van der Waals surface area (Å²) >= 11 is 0. The lowest BCUT2D eigenvalue weighted by Gasteiger charge is -2.64. The molecule has 4 aliphatic rings. The first-order valence-corrected chi connectivity index (χ1v) is 23.4. The second-order valence-electron chi connectivity index (χ2n) is 19.2. The number of nitrogens with two attached hydrogens (primary N) is 2. The average Bonchev–Trinajstić information content (AvgIpc) is 3.68. The fraction of sp³-hybridized carbons (Fsp3) is 0.574. The summed E-state index contributed by atoms with van der Waals surface area (Å²) < 4.78 is 12.7. The fourth-order valence-corrected chi connectivity index (χ4v) is 9.30. The zero-order chi connectivity index (χ0) is 51.0. The Morgan fingerprint density at radius 3 is 1.99 bits per heavy atom. The number of aliphatic hydroxyl groups is 2. The summed E-state index contributed by atoms with van der Waals surface area (Å²) in [6.07, 6.45) is 1.06. The molecule has 2 aromatic rings. The largest absolute Gasteiger partial charge is 0.481 e. The van der Waals surface area contributed by atoms with Crippen LogP contribution in [0.15, 0.2) is 48.5 Å². The normalized spacial score (nSPS) is 22.9. The van der Waals surface area contributed by atoms with Gasteiger partial charge in [-0.2, -0.15) is 0 Å². The molecule has 1 unspecified atom stereocenters. The minimum Gasteiger partial charge on any atom is -0.404 e. The van der Waals surface area contributed by atoms with Gasteiger partial charge in [-0.1, -0.05) is 63.6 Å². The Bertz CT molecular complexity index is 2210. The van der Waals surface area contributed by atoms with Crippen molar-refractivity contribution in [2.45, 2.75) is 141 Å². The Morgan fingerprint density at radius 2 is 1.41 bits per heavy atom. The van der Waals surface area contributed by atoms with Crippen LogP contribution in [0, 0.1) is 17.3 Å². The van der Waals surface area contributed by atoms with Gasteiger partial charge < -0.3 is 68.2 Å². The second kappa shape index (κ2) is 23.1. The molecule has 11 atom stereocenters. The van der Waals surface area contributed by atoms with Crippen molar-refractivity contribution in [3.05, 3.63) is 59.7 Å². The summed E-state index contributed by atoms with van der Waals surface area (Å²) in [6.45, 7) is 11.1. The lowest BCUT2D eigenvalue weighted by atomic mass is 9.43. The zero-order valence-corrected chi connectivity index (χ0v) is 40.3. The number of nitrogens with one attached hydrogen (secondary N) is 7. The van der Waals surface area contributed by atoms with Crippen LogP contribution >= 0.6 is 0 Å². The third-order valence-corrected chi connectivity index (χ3v) is 13.7. The van der Waals surface area contributed by atoms with Crippen LogP contribution in [0.2, 0.25) is 0 Å². The molecule has 0 spiro atoms. The van der Waals surface area contributed by atoms with Crippen LogP contribution in [-0.2, 0) is 49.3 Å². The predicted octanol–water partition coefficient (Wildman–Crippen LogP) is -1.19. The molecule has 1 heterocycles. The molecule has 6 rings (SSSR count). The van der Waals surface area contributed by atoms with Crippen LogP contribution in [-0.4, -0.2) is 132 Å². The van der Waals surface area contributed by atoms with Gasteiger partial charge in [0.05, 0.1) is 43.3 Å². The van der Waals surface area contributed by atoms with Crippen molar-refractivity contribution in [1.82, 2.24) is 37.2 Å². The highest BCUT2D eigenvalue weighted by molar-refractivity contribution is 6.47. The van der Waals surface area contributed by atoms with Crippen molar-refractivity contribution < 1.29 is 57.9 Å². The minimum atomic E-state index is -1.75. The molecule has 3 saturated carbocycles. The fourth-order valence-electron chi connectivity index (χ4n) is 9.30. The zero-order valence-electron chi connectivity index (χ0n) is 40.3. The lowest BCUT2D eigenvalue weighted by molar-refractivity contribution is -0.199. The number of amides is 8. The standard InChI is InChI=1S/C47H68BN9O12/c1-8-9-10-27-11-13-28(14-12-27)29-15-17-30(18-16-29)41(63)55-33(23-58)43(65)57-39(50)45(67)51-22-37(61)56-38(25(3)59)44(66)52-24(2)40(62)54-32(21-36(49)60)42(64)53-26(4)48-68-35-20-31-19-34(46(31,5)6)47(35,7)69-48/h11-18,24-26,31-35,38-39,58-59H,8-10,19-23,50H2,1-7H3,(H2,49,60)(H,51,67)(H,52,66)(H,53,64)(H,54,62)(H,55,63)(H,56,61)(H,57,65)/t24-,25?,26-,31-,32-,33+,34-,35+,38-,39-,47-/m0/s1. The number of carbonyl (C=O) groups is 8. The van der Waals surface area contributed by atoms with Gasteiger partial charge >= 0.3 is 7.12 Å². The van der Waals surface area contributed by atoms with E-state index in [2.05, 4.69) is 70.1 Å². The number of hydrogen-bond donors (Lipinski definition) is 11. The Kier molecular flexibility index (Phi) is 18.1. The Morgan fingerprint density at radius 1 is 0.783 bits per heavy atom. The van der Waals surface area contributed by atoms with Crippen LogP contribution in [0.5, 0.6) is 0 Å². The third kappa shape index (κ3) is 13.2. The number of rotatable bonds is 23. The number of aryl methyl sites for hydroxylation is 1. The van der Waals surface area contributed by atoms with E-state index in [9.17, 15) is 48.6 Å². The summed E-state index contributed by atoms with van der Waals surface area (Å²) in [5, 5.41) is 36.7. The van der Waals surface area contributed by atoms with Crippen LogP contribution in [0.25, 0.3) is 11.1 Å². The number of unbranched alkanes of at least 4 members (excludes halogenated alkanes) is 1. The van der Waals surface area contributed by atoms with Crippen LogP contribution in [0.1, 0.15) is 96.5 Å². The molecule has 69 heavy (non-hydrogen) atoms. The van der Waals surface area contributed by atoms with E-state index in [-0.39, 0.29) is 23.0 Å². The van der Waals surface area contributed by atoms with E-state index in [4.69, 9.17) is 20.8 Å². The molecular weight excluding hydrogens is 893 g/mol. The summed E-state index contributed by atoms with van der Waals surface area (Å²) in [5.41, 5.74) is 14.1. The van der Waals surface area contributed by atoms with E-state index in [0.717, 1.165) is 43.2 Å². The maximum absolute atomic E-state index is 13.4. The Hall–Kier alpha value is -5.94. The number of hydrogen-bond acceptors (Lipinski definition) is 13. The van der Waals surface area contributed by atoms with E-state index < -0.39 is 122 Å². The highest BCUT2D eigenvalue weighted by Crippen LogP contribution is 2.65. The van der Waals surface area contributed by atoms with Crippen molar-refractivity contribution in [3.8, 4) is 11.1 Å². The second-order valence-corrected chi connectivity index (χ2v) is 19.2. The molecule has 0 radical (unpaired) electrons. The van der Waals surface area contributed by atoms with Gasteiger partial charge in [-0.25, -0.2) is 0 Å². The highest BCUT2D eigenvalue weighted by Gasteiger charge is 2.68. The molecule has 1 saturated heterocycles. The highest BCUT2D eigenvalue weighted by atomic mass is 16.7. The predicted molar refractivity (Wildman–Crippen MR) is 253 cm³/mol. The van der Waals surface area contributed by atoms with Gasteiger partial charge in [-0.3, -0.25) is 38.4 Å². The molecular formula is C47H68BN9O12. The minimum absolute atomic E-state index is 0.100. The molecule has 22 heteroatoms. The van der Waals surface area contributed by atoms with Gasteiger partial charge in [-0.15, -0.1) is 0 Å². The summed E-state index contributed by atoms with van der Waals surface area (Å²) in [5.74, 6) is -7.17. The van der Waals surface area contributed by atoms with Crippen LogP contribution in [0.4, 0.5) is 0 Å². The molecule has 4 fully saturated rings. The van der Waals surface area contributed by atoms with Crippen molar-refractivity contribution >= 4 is 54.4 Å². The van der Waals surface area contributed by atoms with E-state index in [0.29, 0.717) is 5.92 Å². The lowest BCUT2D eigenvalue weighted by Crippen LogP contribution is -2.65. The average molecular weight is 962 g/mol. The summed E-state index contributed by atoms with van der Waals surface area (Å²) in [6, 6.07) is 8.80. The molecule has 2 bridgehead atoms. The number of aliphatic hydroxyl groups excluding tert-OH is 2. The first kappa shape index (κ1) is 54.0. The van der Waals surface area contributed by atoms with Crippen molar-refractivity contribution in [3.63, 3.8) is 0 Å². The maximum Gasteiger partial charge on any atom is 0.481 e. The van der Waals surface area contributed by atoms with Gasteiger partial charge in [0.1, 0.15) is 24.2 Å². The number of carbonyl (C=O) groups excluding carboxylic acids is 8. The monoisotopic (exact) mass is 962 g/mol. The molecule has 8 amide bonds. The van der Waals surface area contributed by atoms with E-state index in [1.54, 1.807) is 31.2 Å². The van der Waals surface area contributed by atoms with Crippen molar-refractivity contribution in [2.24, 2.45) is 28.7 Å². The SMILES string of the molecule is CCCCc1ccc(-c2ccc(C(=O)N[C@H](CO)C(=O)N[C@H](N)C(=O)NCC(=O)N[C@H](C(=O)N[C@@H](C)C(=O)N[C@@H](CC(N)=O)C(=O)N[C@@H](C)B3O[C@@H]4C[C@@H]5C[C@@H](C5(C)C)[C@]4(C)O3)C(C)O)cc2)cc1.